The molecule has 10 rings (SSSR count). The molecule has 2 aliphatic rings. The molecule has 8 aromatic rings. The number of aromatic nitrogens is 1. The number of furan rings is 1. The molecule has 5 heteroatoms. The van der Waals surface area contributed by atoms with Gasteiger partial charge in [0.1, 0.15) is 11.2 Å². The summed E-state index contributed by atoms with van der Waals surface area (Å²) in [7, 11) is 0. The maximum absolute atomic E-state index is 6.67. The van der Waals surface area contributed by atoms with Crippen LogP contribution in [0.3, 0.4) is 0 Å². The number of rotatable bonds is 2. The summed E-state index contributed by atoms with van der Waals surface area (Å²) in [4.78, 5) is 3.77. The summed E-state index contributed by atoms with van der Waals surface area (Å²) in [6.07, 6.45) is 2.16. The van der Waals surface area contributed by atoms with Gasteiger partial charge in [-0.2, -0.15) is 0 Å². The number of benzene rings is 6. The fourth-order valence-electron chi connectivity index (χ4n) is 7.81. The van der Waals surface area contributed by atoms with Crippen LogP contribution in [-0.4, -0.2) is 17.6 Å². The summed E-state index contributed by atoms with van der Waals surface area (Å²) in [6, 6.07) is 42.4. The van der Waals surface area contributed by atoms with Crippen LogP contribution in [0.5, 0.6) is 0 Å². The third-order valence-electron chi connectivity index (χ3n) is 9.49. The van der Waals surface area contributed by atoms with Gasteiger partial charge in [-0.1, -0.05) is 72.8 Å². The molecule has 4 heterocycles. The van der Waals surface area contributed by atoms with Gasteiger partial charge >= 0.3 is 6.85 Å². The number of anilines is 3. The Morgan fingerprint density at radius 2 is 1.51 bits per heavy atom. The van der Waals surface area contributed by atoms with Gasteiger partial charge in [0.15, 0.2) is 0 Å². The Labute approximate surface area is 253 Å². The predicted octanol–water partition coefficient (Wildman–Crippen LogP) is 9.14. The number of fused-ring (bicyclic) bond motifs is 11. The first-order valence-corrected chi connectivity index (χ1v) is 16.0. The Balaban J connectivity index is 1.48. The zero-order valence-corrected chi connectivity index (χ0v) is 24.6. The van der Waals surface area contributed by atoms with E-state index >= 15 is 0 Å². The second-order valence-corrected chi connectivity index (χ2v) is 12.6. The Morgan fingerprint density at radius 3 is 2.40 bits per heavy atom. The van der Waals surface area contributed by atoms with E-state index in [-0.39, 0.29) is 6.85 Å². The van der Waals surface area contributed by atoms with Crippen LogP contribution in [0, 0.1) is 6.92 Å². The molecule has 0 saturated carbocycles. The van der Waals surface area contributed by atoms with Crippen LogP contribution in [0.4, 0.5) is 17.1 Å². The normalized spacial score (nSPS) is 13.3. The van der Waals surface area contributed by atoms with Gasteiger partial charge < -0.3 is 13.8 Å². The van der Waals surface area contributed by atoms with E-state index in [1.54, 1.807) is 11.8 Å². The molecular formula is C38H25BN2OS. The number of hydrogen-bond acceptors (Lipinski definition) is 3. The highest BCUT2D eigenvalue weighted by Gasteiger charge is 2.44. The van der Waals surface area contributed by atoms with Gasteiger partial charge in [-0.15, -0.1) is 11.8 Å². The van der Waals surface area contributed by atoms with Crippen molar-refractivity contribution in [1.29, 1.82) is 0 Å². The molecule has 0 atom stereocenters. The number of hydrogen-bond donors (Lipinski definition) is 0. The molecule has 2 aromatic heterocycles. The molecule has 0 spiro atoms. The SMILES string of the molecule is CSc1ccc2c(c1)N(c1cccc(C)c1)c1c3c(cc4oc5ccccc5c14)-c1cccc4c5ccccc5n(c14)B23. The van der Waals surface area contributed by atoms with E-state index in [0.717, 1.165) is 16.6 Å². The van der Waals surface area contributed by atoms with Gasteiger partial charge in [-0.25, -0.2) is 0 Å². The van der Waals surface area contributed by atoms with Crippen LogP contribution < -0.4 is 15.8 Å². The van der Waals surface area contributed by atoms with Gasteiger partial charge in [0.2, 0.25) is 0 Å². The summed E-state index contributed by atoms with van der Waals surface area (Å²) in [6.45, 7) is 2.20. The average molecular weight is 569 g/mol. The van der Waals surface area contributed by atoms with Gasteiger partial charge in [0, 0.05) is 49.0 Å². The summed E-state index contributed by atoms with van der Waals surface area (Å²) in [5, 5.41) is 4.92. The molecular weight excluding hydrogens is 543 g/mol. The summed E-state index contributed by atoms with van der Waals surface area (Å²) >= 11 is 1.79. The second kappa shape index (κ2) is 8.37. The minimum atomic E-state index is 0.0207. The highest BCUT2D eigenvalue weighted by Crippen LogP contribution is 2.50. The Morgan fingerprint density at radius 1 is 0.698 bits per heavy atom. The van der Waals surface area contributed by atoms with Crippen LogP contribution in [0.2, 0.25) is 0 Å². The van der Waals surface area contributed by atoms with Gasteiger partial charge in [-0.05, 0) is 77.7 Å². The van der Waals surface area contributed by atoms with Crippen molar-refractivity contribution in [3.8, 4) is 11.1 Å². The van der Waals surface area contributed by atoms with Crippen molar-refractivity contribution in [2.24, 2.45) is 0 Å². The molecule has 0 aliphatic carbocycles. The lowest BCUT2D eigenvalue weighted by molar-refractivity contribution is 0.669. The molecule has 3 nitrogen and oxygen atoms in total. The lowest BCUT2D eigenvalue weighted by atomic mass is 9.45. The molecule has 2 aliphatic heterocycles. The third-order valence-corrected chi connectivity index (χ3v) is 10.2. The van der Waals surface area contributed by atoms with E-state index in [0.29, 0.717) is 0 Å². The Bertz CT molecular complexity index is 2490. The highest BCUT2D eigenvalue weighted by molar-refractivity contribution is 7.98. The average Bonchev–Trinajstić information content (AvgIpc) is 3.59. The van der Waals surface area contributed by atoms with Crippen molar-refractivity contribution in [2.75, 3.05) is 11.2 Å². The van der Waals surface area contributed by atoms with Crippen molar-refractivity contribution < 1.29 is 4.42 Å². The van der Waals surface area contributed by atoms with Crippen molar-refractivity contribution in [3.05, 3.63) is 121 Å². The first-order chi connectivity index (χ1) is 21.2. The van der Waals surface area contributed by atoms with Gasteiger partial charge in [-0.3, -0.25) is 0 Å². The third kappa shape index (κ3) is 2.97. The fourth-order valence-corrected chi connectivity index (χ4v) is 8.24. The van der Waals surface area contributed by atoms with E-state index < -0.39 is 0 Å². The minimum Gasteiger partial charge on any atom is -0.456 e. The molecule has 6 aromatic carbocycles. The summed E-state index contributed by atoms with van der Waals surface area (Å²) < 4.78 is 9.28. The smallest absolute Gasteiger partial charge is 0.333 e. The van der Waals surface area contributed by atoms with Crippen molar-refractivity contribution >= 4 is 90.3 Å². The molecule has 0 radical (unpaired) electrons. The first-order valence-electron chi connectivity index (χ1n) is 14.8. The van der Waals surface area contributed by atoms with Crippen molar-refractivity contribution in [1.82, 2.24) is 4.48 Å². The van der Waals surface area contributed by atoms with Gasteiger partial charge in [0.05, 0.1) is 11.1 Å². The molecule has 0 bridgehead atoms. The van der Waals surface area contributed by atoms with Crippen LogP contribution >= 0.6 is 11.8 Å². The lowest BCUT2D eigenvalue weighted by Crippen LogP contribution is -2.56. The summed E-state index contributed by atoms with van der Waals surface area (Å²) in [5.41, 5.74) is 14.4. The predicted molar refractivity (Wildman–Crippen MR) is 184 cm³/mol. The lowest BCUT2D eigenvalue weighted by Gasteiger charge is -2.41. The maximum Gasteiger partial charge on any atom is 0.333 e. The van der Waals surface area contributed by atoms with Crippen LogP contribution in [0.25, 0.3) is 54.9 Å². The number of para-hydroxylation sites is 3. The Hall–Kier alpha value is -4.87. The largest absolute Gasteiger partial charge is 0.456 e. The van der Waals surface area contributed by atoms with E-state index in [1.807, 2.05) is 0 Å². The fraction of sp³-hybridized carbons (Fsp3) is 0.0526. The number of nitrogens with zero attached hydrogens (tertiary/aromatic N) is 2. The standard InChI is InChI=1S/C38H25BN2OS/c1-22-9-7-10-23(19-22)40-32-20-24(43-2)17-18-30(32)39-36-29(21-34-35(38(36)40)28-12-4-6-16-33(28)42-34)27-14-8-13-26-25-11-3-5-15-31(25)41(39)37(26)27/h3-21H,1-2H3. The zero-order valence-electron chi connectivity index (χ0n) is 23.8. The molecule has 0 fully saturated rings. The molecule has 0 saturated heterocycles. The minimum absolute atomic E-state index is 0.0207. The zero-order chi connectivity index (χ0) is 28.4. The van der Waals surface area contributed by atoms with Gasteiger partial charge in [0.25, 0.3) is 0 Å². The molecule has 0 N–H and O–H groups in total. The van der Waals surface area contributed by atoms with E-state index in [4.69, 9.17) is 4.42 Å². The first kappa shape index (κ1) is 23.7. The van der Waals surface area contributed by atoms with Crippen molar-refractivity contribution in [3.63, 3.8) is 0 Å². The van der Waals surface area contributed by atoms with Crippen LogP contribution in [0.15, 0.2) is 125 Å². The molecule has 202 valence electrons. The molecule has 0 unspecified atom stereocenters. The number of aryl methyl sites for hydroxylation is 1. The maximum atomic E-state index is 6.67. The second-order valence-electron chi connectivity index (χ2n) is 11.7. The quantitative estimate of drug-likeness (QED) is 0.153. The number of thioether (sulfide) groups is 1. The van der Waals surface area contributed by atoms with Crippen LogP contribution in [0.1, 0.15) is 5.56 Å². The summed E-state index contributed by atoms with van der Waals surface area (Å²) in [5.74, 6) is 0. The van der Waals surface area contributed by atoms with Crippen molar-refractivity contribution in [2.45, 2.75) is 11.8 Å². The van der Waals surface area contributed by atoms with E-state index in [2.05, 4.69) is 138 Å². The highest BCUT2D eigenvalue weighted by atomic mass is 32.2. The van der Waals surface area contributed by atoms with Crippen LogP contribution in [-0.2, 0) is 0 Å². The van der Waals surface area contributed by atoms with E-state index in [9.17, 15) is 0 Å². The topological polar surface area (TPSA) is 21.3 Å². The monoisotopic (exact) mass is 568 g/mol. The molecule has 43 heavy (non-hydrogen) atoms. The van der Waals surface area contributed by atoms with E-state index in [1.165, 1.54) is 76.8 Å². The molecule has 0 amide bonds. The Kier molecular flexibility index (Phi) is 4.60.